The number of carbonyl (C=O) groups is 1. The molecule has 0 spiro atoms. The Morgan fingerprint density at radius 1 is 1.21 bits per heavy atom. The van der Waals surface area contributed by atoms with E-state index in [9.17, 15) is 13.2 Å². The Hall–Kier alpha value is -3.33. The van der Waals surface area contributed by atoms with E-state index in [0.717, 1.165) is 5.56 Å². The highest BCUT2D eigenvalue weighted by Gasteiger charge is 2.32. The van der Waals surface area contributed by atoms with Gasteiger partial charge in [-0.25, -0.2) is 4.98 Å². The van der Waals surface area contributed by atoms with Crippen LogP contribution >= 0.6 is 0 Å². The maximum atomic E-state index is 13.0. The van der Waals surface area contributed by atoms with Crippen molar-refractivity contribution in [3.8, 4) is 5.75 Å². The highest BCUT2D eigenvalue weighted by Crippen LogP contribution is 2.32. The van der Waals surface area contributed by atoms with Gasteiger partial charge in [0.1, 0.15) is 12.3 Å². The second kappa shape index (κ2) is 7.59. The summed E-state index contributed by atoms with van der Waals surface area (Å²) in [5, 5.41) is 2.67. The van der Waals surface area contributed by atoms with Gasteiger partial charge in [0.2, 0.25) is 5.91 Å². The molecule has 2 aromatic carbocycles. The molecule has 1 amide bonds. The lowest BCUT2D eigenvalue weighted by Gasteiger charge is -2.17. The smallest absolute Gasteiger partial charge is 0.283 e. The summed E-state index contributed by atoms with van der Waals surface area (Å²) in [6.07, 6.45) is 3.39. The van der Waals surface area contributed by atoms with Crippen LogP contribution in [0.2, 0.25) is 0 Å². The van der Waals surface area contributed by atoms with Crippen molar-refractivity contribution in [2.24, 2.45) is 0 Å². The largest absolute Gasteiger partial charge is 0.497 e. The number of para-hydroxylation sites is 1. The first kappa shape index (κ1) is 19.0. The minimum Gasteiger partial charge on any atom is -0.497 e. The zero-order chi connectivity index (χ0) is 20.4. The number of nitrogens with one attached hydrogen (secondary N) is 1. The van der Waals surface area contributed by atoms with Gasteiger partial charge in [-0.3, -0.25) is 9.10 Å². The number of rotatable bonds is 6. The average molecular weight is 412 g/mol. The number of fused-ring (bicyclic) bond motifs is 1. The third kappa shape index (κ3) is 3.81. The van der Waals surface area contributed by atoms with Gasteiger partial charge in [-0.1, -0.05) is 24.3 Å². The number of methoxy groups -OCH3 is 1. The minimum absolute atomic E-state index is 0.0592. The number of aromatic nitrogens is 2. The Morgan fingerprint density at radius 3 is 2.86 bits per heavy atom. The second-order valence-corrected chi connectivity index (χ2v) is 8.43. The van der Waals surface area contributed by atoms with E-state index in [0.29, 0.717) is 30.1 Å². The SMILES string of the molecule is COc1cccc(NC(=O)Cn2cnc(S(=O)(=O)N3CCc4ccccc43)c2)c1. The van der Waals surface area contributed by atoms with Gasteiger partial charge in [0, 0.05) is 24.5 Å². The number of carbonyl (C=O) groups excluding carboxylic acids is 1. The second-order valence-electron chi connectivity index (χ2n) is 6.62. The molecule has 0 saturated carbocycles. The first-order chi connectivity index (χ1) is 14.0. The monoisotopic (exact) mass is 412 g/mol. The quantitative estimate of drug-likeness (QED) is 0.670. The van der Waals surface area contributed by atoms with E-state index < -0.39 is 10.0 Å². The lowest BCUT2D eigenvalue weighted by atomic mass is 10.2. The van der Waals surface area contributed by atoms with Crippen LogP contribution in [0.5, 0.6) is 5.75 Å². The van der Waals surface area contributed by atoms with Gasteiger partial charge in [0.05, 0.1) is 19.1 Å². The molecular formula is C20H20N4O4S. The van der Waals surface area contributed by atoms with Crippen molar-refractivity contribution >= 4 is 27.3 Å². The molecular weight excluding hydrogens is 392 g/mol. The van der Waals surface area contributed by atoms with Crippen molar-refractivity contribution in [2.45, 2.75) is 18.0 Å². The standard InChI is InChI=1S/C20H20N4O4S/c1-28-17-7-4-6-16(11-17)22-19(25)12-23-13-20(21-14-23)29(26,27)24-10-9-15-5-2-3-8-18(15)24/h2-8,11,13-14H,9-10,12H2,1H3,(H,22,25). The van der Waals surface area contributed by atoms with Crippen molar-refractivity contribution < 1.29 is 17.9 Å². The minimum atomic E-state index is -3.78. The molecule has 1 aliphatic heterocycles. The van der Waals surface area contributed by atoms with Crippen LogP contribution in [0, 0.1) is 0 Å². The molecule has 0 bridgehead atoms. The molecule has 150 valence electrons. The van der Waals surface area contributed by atoms with Gasteiger partial charge >= 0.3 is 0 Å². The summed E-state index contributed by atoms with van der Waals surface area (Å²) in [6, 6.07) is 14.4. The maximum absolute atomic E-state index is 13.0. The summed E-state index contributed by atoms with van der Waals surface area (Å²) in [7, 11) is -2.23. The van der Waals surface area contributed by atoms with Crippen molar-refractivity contribution in [1.29, 1.82) is 0 Å². The number of anilines is 2. The molecule has 1 aliphatic rings. The molecule has 9 heteroatoms. The summed E-state index contributed by atoms with van der Waals surface area (Å²) in [6.45, 7) is 0.321. The summed E-state index contributed by atoms with van der Waals surface area (Å²) in [5.74, 6) is 0.329. The topological polar surface area (TPSA) is 93.5 Å². The van der Waals surface area contributed by atoms with Crippen LogP contribution in [0.3, 0.4) is 0 Å². The summed E-state index contributed by atoms with van der Waals surface area (Å²) >= 11 is 0. The van der Waals surface area contributed by atoms with Crippen molar-refractivity contribution in [1.82, 2.24) is 9.55 Å². The molecule has 0 fully saturated rings. The van der Waals surface area contributed by atoms with Crippen LogP contribution in [0.15, 0.2) is 66.1 Å². The molecule has 1 N–H and O–H groups in total. The van der Waals surface area contributed by atoms with Gasteiger partial charge < -0.3 is 14.6 Å². The van der Waals surface area contributed by atoms with Crippen molar-refractivity contribution in [3.63, 3.8) is 0 Å². The number of imidazole rings is 1. The molecule has 1 aromatic heterocycles. The van der Waals surface area contributed by atoms with Crippen LogP contribution in [0.1, 0.15) is 5.56 Å². The van der Waals surface area contributed by atoms with Gasteiger partial charge in [-0.15, -0.1) is 0 Å². The number of benzene rings is 2. The van der Waals surface area contributed by atoms with Crippen LogP contribution in [0.25, 0.3) is 0 Å². The highest BCUT2D eigenvalue weighted by atomic mass is 32.2. The number of amides is 1. The number of nitrogens with zero attached hydrogens (tertiary/aromatic N) is 3. The highest BCUT2D eigenvalue weighted by molar-refractivity contribution is 7.92. The Balaban J connectivity index is 1.47. The lowest BCUT2D eigenvalue weighted by molar-refractivity contribution is -0.116. The molecule has 3 aromatic rings. The van der Waals surface area contributed by atoms with E-state index in [1.807, 2.05) is 18.2 Å². The van der Waals surface area contributed by atoms with Gasteiger partial charge in [0.25, 0.3) is 10.0 Å². The summed E-state index contributed by atoms with van der Waals surface area (Å²) < 4.78 is 33.9. The van der Waals surface area contributed by atoms with Crippen LogP contribution in [-0.4, -0.2) is 37.5 Å². The third-order valence-electron chi connectivity index (χ3n) is 4.69. The van der Waals surface area contributed by atoms with Crippen LogP contribution < -0.4 is 14.4 Å². The number of sulfonamides is 1. The predicted molar refractivity (Wildman–Crippen MR) is 109 cm³/mol. The molecule has 0 atom stereocenters. The molecule has 29 heavy (non-hydrogen) atoms. The van der Waals surface area contributed by atoms with Crippen LogP contribution in [-0.2, 0) is 27.8 Å². The Labute approximate surface area is 168 Å². The van der Waals surface area contributed by atoms with Gasteiger partial charge in [-0.05, 0) is 30.2 Å². The van der Waals surface area contributed by atoms with Crippen LogP contribution in [0.4, 0.5) is 11.4 Å². The average Bonchev–Trinajstić information content (AvgIpc) is 3.35. The molecule has 0 radical (unpaired) electrons. The zero-order valence-electron chi connectivity index (χ0n) is 15.8. The van der Waals surface area contributed by atoms with E-state index >= 15 is 0 Å². The lowest BCUT2D eigenvalue weighted by Crippen LogP contribution is -2.29. The fraction of sp³-hybridized carbons (Fsp3) is 0.200. The Morgan fingerprint density at radius 2 is 2.03 bits per heavy atom. The number of hydrogen-bond acceptors (Lipinski definition) is 5. The molecule has 2 heterocycles. The van der Waals surface area contributed by atoms with Gasteiger partial charge in [0.15, 0.2) is 5.03 Å². The number of hydrogen-bond donors (Lipinski definition) is 1. The molecule has 0 unspecified atom stereocenters. The maximum Gasteiger partial charge on any atom is 0.283 e. The first-order valence-electron chi connectivity index (χ1n) is 9.04. The molecule has 8 nitrogen and oxygen atoms in total. The fourth-order valence-electron chi connectivity index (χ4n) is 3.30. The van der Waals surface area contributed by atoms with E-state index in [2.05, 4.69) is 10.3 Å². The van der Waals surface area contributed by atoms with Gasteiger partial charge in [-0.2, -0.15) is 8.42 Å². The summed E-state index contributed by atoms with van der Waals surface area (Å²) in [4.78, 5) is 16.3. The van der Waals surface area contributed by atoms with Crippen molar-refractivity contribution in [3.05, 3.63) is 66.6 Å². The zero-order valence-corrected chi connectivity index (χ0v) is 16.6. The summed E-state index contributed by atoms with van der Waals surface area (Å²) in [5.41, 5.74) is 2.27. The molecule has 4 rings (SSSR count). The van der Waals surface area contributed by atoms with E-state index in [-0.39, 0.29) is 17.5 Å². The number of ether oxygens (including phenoxy) is 1. The first-order valence-corrected chi connectivity index (χ1v) is 10.5. The van der Waals surface area contributed by atoms with E-state index in [1.165, 1.54) is 21.4 Å². The molecule has 0 aliphatic carbocycles. The Kier molecular flexibility index (Phi) is 4.98. The van der Waals surface area contributed by atoms with E-state index in [1.54, 1.807) is 37.4 Å². The third-order valence-corrected chi connectivity index (χ3v) is 6.39. The predicted octanol–water partition coefficient (Wildman–Crippen LogP) is 2.28. The Bertz CT molecular complexity index is 1160. The van der Waals surface area contributed by atoms with Crippen molar-refractivity contribution in [2.75, 3.05) is 23.3 Å². The fourth-order valence-corrected chi connectivity index (χ4v) is 4.74. The van der Waals surface area contributed by atoms with E-state index in [4.69, 9.17) is 4.74 Å². The molecule has 0 saturated heterocycles. The normalized spacial score (nSPS) is 13.2.